The molecule has 1 amide bonds. The van der Waals surface area contributed by atoms with Crippen molar-refractivity contribution in [3.63, 3.8) is 0 Å². The molecule has 0 aliphatic heterocycles. The summed E-state index contributed by atoms with van der Waals surface area (Å²) < 4.78 is 15.3. The average Bonchev–Trinajstić information content (AvgIpc) is 3.29. The van der Waals surface area contributed by atoms with E-state index in [1.54, 1.807) is 24.0 Å². The van der Waals surface area contributed by atoms with Crippen molar-refractivity contribution in [3.8, 4) is 0 Å². The number of hydrogen-bond acceptors (Lipinski definition) is 2. The highest BCUT2D eigenvalue weighted by Gasteiger charge is 2.36. The summed E-state index contributed by atoms with van der Waals surface area (Å²) in [5.41, 5.74) is 0.992. The highest BCUT2D eigenvalue weighted by molar-refractivity contribution is 6.43. The van der Waals surface area contributed by atoms with Crippen LogP contribution in [0.5, 0.6) is 0 Å². The minimum Gasteiger partial charge on any atom is -0.331 e. The van der Waals surface area contributed by atoms with Gasteiger partial charge in [0.1, 0.15) is 5.56 Å². The Hall–Kier alpha value is -1.30. The molecule has 1 heterocycles. The van der Waals surface area contributed by atoms with Crippen LogP contribution in [-0.2, 0) is 13.6 Å². The van der Waals surface area contributed by atoms with Gasteiger partial charge in [0.25, 0.3) is 5.91 Å². The molecule has 2 aromatic rings. The number of carbonyl (C=O) groups is 1. The third kappa shape index (κ3) is 3.25. The van der Waals surface area contributed by atoms with Crippen molar-refractivity contribution in [2.75, 3.05) is 0 Å². The number of amides is 1. The Morgan fingerprint density at radius 1 is 1.38 bits per heavy atom. The molecule has 0 atom stereocenters. The van der Waals surface area contributed by atoms with Crippen molar-refractivity contribution < 1.29 is 9.18 Å². The van der Waals surface area contributed by atoms with E-state index in [2.05, 4.69) is 5.10 Å². The number of aryl methyl sites for hydroxylation is 2. The highest BCUT2D eigenvalue weighted by Crippen LogP contribution is 2.35. The van der Waals surface area contributed by atoms with Gasteiger partial charge >= 0.3 is 0 Å². The maximum absolute atomic E-state index is 14.2. The molecule has 128 valence electrons. The second kappa shape index (κ2) is 6.54. The number of rotatable bonds is 4. The predicted octanol–water partition coefficient (Wildman–Crippen LogP) is 4.63. The number of carbonyl (C=O) groups excluding carboxylic acids is 1. The van der Waals surface area contributed by atoms with E-state index in [-0.39, 0.29) is 18.2 Å². The lowest BCUT2D eigenvalue weighted by Crippen LogP contribution is -2.33. The molecule has 1 aromatic carbocycles. The van der Waals surface area contributed by atoms with E-state index in [1.807, 2.05) is 0 Å². The summed E-state index contributed by atoms with van der Waals surface area (Å²) in [6.07, 6.45) is 1.75. The summed E-state index contributed by atoms with van der Waals surface area (Å²) in [5, 5.41) is 5.08. The summed E-state index contributed by atoms with van der Waals surface area (Å²) in [6.45, 7) is 1.83. The molecule has 1 aromatic heterocycles. The van der Waals surface area contributed by atoms with Crippen LogP contribution < -0.4 is 0 Å². The zero-order chi connectivity index (χ0) is 17.6. The molecule has 0 N–H and O–H groups in total. The lowest BCUT2D eigenvalue weighted by molar-refractivity contribution is 0.0724. The molecule has 0 radical (unpaired) electrons. The molecule has 0 unspecified atom stereocenters. The molecule has 8 heteroatoms. The molecule has 3 rings (SSSR count). The van der Waals surface area contributed by atoms with Gasteiger partial charge < -0.3 is 4.90 Å². The third-order valence-corrected chi connectivity index (χ3v) is 5.08. The number of benzene rings is 1. The molecule has 1 saturated carbocycles. The zero-order valence-corrected chi connectivity index (χ0v) is 15.4. The lowest BCUT2D eigenvalue weighted by atomic mass is 10.1. The van der Waals surface area contributed by atoms with Gasteiger partial charge in [0.15, 0.2) is 0 Å². The van der Waals surface area contributed by atoms with E-state index in [0.29, 0.717) is 26.3 Å². The number of aromatic nitrogens is 2. The van der Waals surface area contributed by atoms with Crippen molar-refractivity contribution in [1.29, 1.82) is 0 Å². The molecular weight excluding hydrogens is 376 g/mol. The number of nitrogens with zero attached hydrogens (tertiary/aromatic N) is 3. The molecule has 24 heavy (non-hydrogen) atoms. The fourth-order valence-electron chi connectivity index (χ4n) is 2.68. The molecule has 0 saturated heterocycles. The quantitative estimate of drug-likeness (QED) is 0.714. The van der Waals surface area contributed by atoms with Gasteiger partial charge in [0.05, 0.1) is 15.7 Å². The van der Waals surface area contributed by atoms with Crippen LogP contribution in [0.15, 0.2) is 12.1 Å². The minimum atomic E-state index is -0.640. The Bertz CT molecular complexity index is 817. The van der Waals surface area contributed by atoms with E-state index in [4.69, 9.17) is 34.8 Å². The Morgan fingerprint density at radius 3 is 2.58 bits per heavy atom. The van der Waals surface area contributed by atoms with E-state index < -0.39 is 11.9 Å². The average molecular weight is 391 g/mol. The first kappa shape index (κ1) is 17.5. The molecular formula is C16H15Cl3FN3O. The third-order valence-electron chi connectivity index (χ3n) is 4.02. The summed E-state index contributed by atoms with van der Waals surface area (Å²) in [6, 6.07) is 3.28. The monoisotopic (exact) mass is 389 g/mol. The Kier molecular flexibility index (Phi) is 4.78. The largest absolute Gasteiger partial charge is 0.331 e. The Morgan fingerprint density at radius 2 is 2.04 bits per heavy atom. The SMILES string of the molecule is Cc1nn(C)c(F)c1C(=O)N(Cc1cc(Cl)cc(Cl)c1Cl)C1CC1. The topological polar surface area (TPSA) is 38.1 Å². The Balaban J connectivity index is 1.95. The smallest absolute Gasteiger partial charge is 0.260 e. The fraction of sp³-hybridized carbons (Fsp3) is 0.375. The standard InChI is InChI=1S/C16H15Cl3FN3O/c1-8-13(15(20)22(2)21-8)16(24)23(11-3-4-11)7-9-5-10(17)6-12(18)14(9)19/h5-6,11H,3-4,7H2,1-2H3. The first-order valence-corrected chi connectivity index (χ1v) is 8.56. The van der Waals surface area contributed by atoms with Crippen LogP contribution in [0.2, 0.25) is 15.1 Å². The Labute approximate surface area is 154 Å². The van der Waals surface area contributed by atoms with Gasteiger partial charge in [-0.3, -0.25) is 4.79 Å². The zero-order valence-electron chi connectivity index (χ0n) is 13.1. The maximum atomic E-state index is 14.2. The molecule has 0 spiro atoms. The fourth-order valence-corrected chi connectivity index (χ4v) is 3.38. The second-order valence-electron chi connectivity index (χ2n) is 5.90. The summed E-state index contributed by atoms with van der Waals surface area (Å²) in [5.74, 6) is -1.04. The normalized spacial score (nSPS) is 14.1. The van der Waals surface area contributed by atoms with Crippen LogP contribution in [0.1, 0.15) is 34.5 Å². The molecule has 4 nitrogen and oxygen atoms in total. The van der Waals surface area contributed by atoms with Gasteiger partial charge in [-0.15, -0.1) is 0 Å². The second-order valence-corrected chi connectivity index (χ2v) is 7.12. The summed E-state index contributed by atoms with van der Waals surface area (Å²) >= 11 is 18.3. The van der Waals surface area contributed by atoms with Gasteiger partial charge in [0.2, 0.25) is 5.95 Å². The first-order chi connectivity index (χ1) is 11.3. The van der Waals surface area contributed by atoms with E-state index in [1.165, 1.54) is 7.05 Å². The summed E-state index contributed by atoms with van der Waals surface area (Å²) in [7, 11) is 1.47. The van der Waals surface area contributed by atoms with E-state index in [0.717, 1.165) is 17.5 Å². The van der Waals surface area contributed by atoms with Gasteiger partial charge in [0, 0.05) is 24.7 Å². The number of halogens is 4. The van der Waals surface area contributed by atoms with E-state index >= 15 is 0 Å². The van der Waals surface area contributed by atoms with Crippen LogP contribution in [-0.4, -0.2) is 26.6 Å². The van der Waals surface area contributed by atoms with Gasteiger partial charge in [-0.25, -0.2) is 4.68 Å². The van der Waals surface area contributed by atoms with Crippen LogP contribution in [0.4, 0.5) is 4.39 Å². The highest BCUT2D eigenvalue weighted by atomic mass is 35.5. The van der Waals surface area contributed by atoms with Crippen LogP contribution in [0.25, 0.3) is 0 Å². The summed E-state index contributed by atoms with van der Waals surface area (Å²) in [4.78, 5) is 14.5. The van der Waals surface area contributed by atoms with Crippen molar-refractivity contribution in [2.45, 2.75) is 32.4 Å². The predicted molar refractivity (Wildman–Crippen MR) is 92.3 cm³/mol. The van der Waals surface area contributed by atoms with E-state index in [9.17, 15) is 9.18 Å². The molecule has 1 aliphatic rings. The van der Waals surface area contributed by atoms with Crippen molar-refractivity contribution in [3.05, 3.63) is 50.0 Å². The van der Waals surface area contributed by atoms with Crippen LogP contribution in [0.3, 0.4) is 0 Å². The van der Waals surface area contributed by atoms with Crippen molar-refractivity contribution in [2.24, 2.45) is 7.05 Å². The molecule has 0 bridgehead atoms. The van der Waals surface area contributed by atoms with Crippen molar-refractivity contribution in [1.82, 2.24) is 14.7 Å². The first-order valence-electron chi connectivity index (χ1n) is 7.43. The number of hydrogen-bond donors (Lipinski definition) is 0. The van der Waals surface area contributed by atoms with Crippen LogP contribution in [0, 0.1) is 12.9 Å². The van der Waals surface area contributed by atoms with Crippen molar-refractivity contribution >= 4 is 40.7 Å². The maximum Gasteiger partial charge on any atom is 0.260 e. The van der Waals surface area contributed by atoms with Crippen LogP contribution >= 0.6 is 34.8 Å². The van der Waals surface area contributed by atoms with Gasteiger partial charge in [-0.1, -0.05) is 34.8 Å². The minimum absolute atomic E-state index is 0.00588. The van der Waals surface area contributed by atoms with Gasteiger partial charge in [-0.05, 0) is 37.5 Å². The molecule has 1 aliphatic carbocycles. The molecule has 1 fully saturated rings. The lowest BCUT2D eigenvalue weighted by Gasteiger charge is -2.23. The van der Waals surface area contributed by atoms with Gasteiger partial charge in [-0.2, -0.15) is 9.49 Å².